The third-order valence-corrected chi connectivity index (χ3v) is 7.07. The summed E-state index contributed by atoms with van der Waals surface area (Å²) in [7, 11) is -3.11. The number of hydrogen-bond acceptors (Lipinski definition) is 5. The van der Waals surface area contributed by atoms with Gasteiger partial charge in [0, 0.05) is 44.0 Å². The molecule has 0 saturated carbocycles. The van der Waals surface area contributed by atoms with Crippen LogP contribution in [0.1, 0.15) is 22.8 Å². The van der Waals surface area contributed by atoms with Gasteiger partial charge in [0.15, 0.2) is 0 Å². The molecule has 0 spiro atoms. The Kier molecular flexibility index (Phi) is 7.84. The molecule has 2 aromatic carbocycles. The summed E-state index contributed by atoms with van der Waals surface area (Å²) >= 11 is 0. The second-order valence-corrected chi connectivity index (χ2v) is 9.61. The number of piperazine rings is 1. The van der Waals surface area contributed by atoms with Gasteiger partial charge in [-0.05, 0) is 48.9 Å². The molecule has 166 valence electrons. The lowest BCUT2D eigenvalue weighted by molar-refractivity contribution is 0.102. The Morgan fingerprint density at radius 2 is 1.71 bits per heavy atom. The summed E-state index contributed by atoms with van der Waals surface area (Å²) in [6, 6.07) is 14.7. The van der Waals surface area contributed by atoms with Crippen LogP contribution in [-0.4, -0.2) is 62.1 Å². The van der Waals surface area contributed by atoms with Gasteiger partial charge in [-0.3, -0.25) is 9.69 Å². The van der Waals surface area contributed by atoms with E-state index in [0.29, 0.717) is 44.0 Å². The van der Waals surface area contributed by atoms with Crippen molar-refractivity contribution in [3.05, 3.63) is 72.3 Å². The van der Waals surface area contributed by atoms with E-state index >= 15 is 0 Å². The lowest BCUT2D eigenvalue weighted by Gasteiger charge is -2.33. The number of hydrogen-bond donors (Lipinski definition) is 1. The highest BCUT2D eigenvalue weighted by atomic mass is 32.2. The molecule has 2 aromatic rings. The predicted molar refractivity (Wildman–Crippen MR) is 123 cm³/mol. The Labute approximate surface area is 184 Å². The first kappa shape index (κ1) is 23.0. The molecule has 0 atom stereocenters. The van der Waals surface area contributed by atoms with Crippen molar-refractivity contribution in [2.45, 2.75) is 13.5 Å². The highest BCUT2D eigenvalue weighted by Gasteiger charge is 2.25. The third kappa shape index (κ3) is 6.40. The van der Waals surface area contributed by atoms with E-state index in [1.54, 1.807) is 41.6 Å². The summed E-state index contributed by atoms with van der Waals surface area (Å²) in [5.74, 6) is 0.684. The monoisotopic (exact) mass is 443 g/mol. The molecule has 31 heavy (non-hydrogen) atoms. The van der Waals surface area contributed by atoms with Crippen molar-refractivity contribution in [2.75, 3.05) is 43.9 Å². The Bertz CT molecular complexity index is 980. The zero-order valence-electron chi connectivity index (χ0n) is 17.8. The quantitative estimate of drug-likeness (QED) is 0.603. The lowest BCUT2D eigenvalue weighted by Crippen LogP contribution is -2.48. The molecule has 1 aliphatic rings. The van der Waals surface area contributed by atoms with E-state index in [4.69, 9.17) is 4.74 Å². The minimum atomic E-state index is -3.11. The number of nitrogens with one attached hydrogen (secondary N) is 1. The minimum absolute atomic E-state index is 0.143. The van der Waals surface area contributed by atoms with Crippen LogP contribution in [0.25, 0.3) is 0 Å². The number of carbonyl (C=O) groups is 1. The molecule has 0 bridgehead atoms. The fraction of sp³-hybridized carbons (Fsp3) is 0.348. The standard InChI is InChI=1S/C23H29N3O4S/c1-3-17-30-22-11-9-21(10-12-22)24-23(27)20-7-5-19(6-8-20)18-25-13-15-26(16-14-25)31(28,29)4-2/h3,5-12H,1,4,13-18H2,2H3,(H,24,27). The number of amides is 1. The van der Waals surface area contributed by atoms with Crippen LogP contribution in [0, 0.1) is 0 Å². The fourth-order valence-electron chi connectivity index (χ4n) is 3.36. The number of anilines is 1. The topological polar surface area (TPSA) is 79.0 Å². The maximum absolute atomic E-state index is 12.5. The van der Waals surface area contributed by atoms with Gasteiger partial charge in [-0.15, -0.1) is 0 Å². The first-order chi connectivity index (χ1) is 14.9. The van der Waals surface area contributed by atoms with Crippen LogP contribution in [0.2, 0.25) is 0 Å². The van der Waals surface area contributed by atoms with Crippen molar-refractivity contribution < 1.29 is 17.9 Å². The summed E-state index contributed by atoms with van der Waals surface area (Å²) in [6.45, 7) is 8.90. The number of carbonyl (C=O) groups excluding carboxylic acids is 1. The average Bonchev–Trinajstić information content (AvgIpc) is 2.79. The molecule has 1 amide bonds. The van der Waals surface area contributed by atoms with Gasteiger partial charge in [0.2, 0.25) is 10.0 Å². The summed E-state index contributed by atoms with van der Waals surface area (Å²) < 4.78 is 30.9. The summed E-state index contributed by atoms with van der Waals surface area (Å²) in [5, 5.41) is 2.88. The minimum Gasteiger partial charge on any atom is -0.490 e. The van der Waals surface area contributed by atoms with E-state index in [1.807, 2.05) is 24.3 Å². The van der Waals surface area contributed by atoms with Gasteiger partial charge in [-0.1, -0.05) is 24.8 Å². The maximum Gasteiger partial charge on any atom is 0.255 e. The van der Waals surface area contributed by atoms with Crippen molar-refractivity contribution >= 4 is 21.6 Å². The Morgan fingerprint density at radius 1 is 1.06 bits per heavy atom. The van der Waals surface area contributed by atoms with Gasteiger partial charge in [0.25, 0.3) is 5.91 Å². The van der Waals surface area contributed by atoms with E-state index < -0.39 is 10.0 Å². The zero-order chi connectivity index (χ0) is 22.3. The van der Waals surface area contributed by atoms with Crippen LogP contribution < -0.4 is 10.1 Å². The molecule has 1 saturated heterocycles. The number of ether oxygens (including phenoxy) is 1. The Balaban J connectivity index is 1.51. The average molecular weight is 444 g/mol. The molecule has 0 radical (unpaired) electrons. The maximum atomic E-state index is 12.5. The second kappa shape index (κ2) is 10.6. The van der Waals surface area contributed by atoms with Crippen molar-refractivity contribution in [3.63, 3.8) is 0 Å². The van der Waals surface area contributed by atoms with Gasteiger partial charge in [0.1, 0.15) is 12.4 Å². The number of sulfonamides is 1. The Hall–Kier alpha value is -2.68. The van der Waals surface area contributed by atoms with Crippen LogP contribution in [0.15, 0.2) is 61.2 Å². The SMILES string of the molecule is C=CCOc1ccc(NC(=O)c2ccc(CN3CCN(S(=O)(=O)CC)CC3)cc2)cc1. The number of nitrogens with zero attached hydrogens (tertiary/aromatic N) is 2. The number of benzene rings is 2. The van der Waals surface area contributed by atoms with Crippen molar-refractivity contribution in [2.24, 2.45) is 0 Å². The molecule has 1 fully saturated rings. The smallest absolute Gasteiger partial charge is 0.255 e. The van der Waals surface area contributed by atoms with Crippen LogP contribution in [0.3, 0.4) is 0 Å². The van der Waals surface area contributed by atoms with Crippen LogP contribution in [-0.2, 0) is 16.6 Å². The van der Waals surface area contributed by atoms with Crippen LogP contribution >= 0.6 is 0 Å². The van der Waals surface area contributed by atoms with Gasteiger partial charge in [-0.2, -0.15) is 4.31 Å². The highest BCUT2D eigenvalue weighted by molar-refractivity contribution is 7.89. The molecular weight excluding hydrogens is 414 g/mol. The molecule has 0 aromatic heterocycles. The van der Waals surface area contributed by atoms with Crippen LogP contribution in [0.4, 0.5) is 5.69 Å². The lowest BCUT2D eigenvalue weighted by atomic mass is 10.1. The first-order valence-electron chi connectivity index (χ1n) is 10.4. The Morgan fingerprint density at radius 3 is 2.29 bits per heavy atom. The van der Waals surface area contributed by atoms with E-state index in [1.165, 1.54) is 0 Å². The molecule has 8 heteroatoms. The van der Waals surface area contributed by atoms with Gasteiger partial charge < -0.3 is 10.1 Å². The van der Waals surface area contributed by atoms with Crippen molar-refractivity contribution in [1.29, 1.82) is 0 Å². The molecular formula is C23H29N3O4S. The van der Waals surface area contributed by atoms with E-state index in [0.717, 1.165) is 17.9 Å². The fourth-order valence-corrected chi connectivity index (χ4v) is 4.45. The molecule has 1 aliphatic heterocycles. The van der Waals surface area contributed by atoms with Crippen molar-refractivity contribution in [1.82, 2.24) is 9.21 Å². The summed E-state index contributed by atoms with van der Waals surface area (Å²) in [6.07, 6.45) is 1.68. The highest BCUT2D eigenvalue weighted by Crippen LogP contribution is 2.17. The van der Waals surface area contributed by atoms with Gasteiger partial charge in [0.05, 0.1) is 5.75 Å². The molecule has 0 unspecified atom stereocenters. The van der Waals surface area contributed by atoms with Gasteiger partial charge >= 0.3 is 0 Å². The first-order valence-corrected chi connectivity index (χ1v) is 12.0. The zero-order valence-corrected chi connectivity index (χ0v) is 18.6. The van der Waals surface area contributed by atoms with Gasteiger partial charge in [-0.25, -0.2) is 8.42 Å². The van der Waals surface area contributed by atoms with Crippen LogP contribution in [0.5, 0.6) is 5.75 Å². The third-order valence-electron chi connectivity index (χ3n) is 5.19. The van der Waals surface area contributed by atoms with E-state index in [9.17, 15) is 13.2 Å². The summed E-state index contributed by atoms with van der Waals surface area (Å²) in [4.78, 5) is 14.7. The normalized spacial score (nSPS) is 15.4. The molecule has 3 rings (SSSR count). The molecule has 1 N–H and O–H groups in total. The summed E-state index contributed by atoms with van der Waals surface area (Å²) in [5.41, 5.74) is 2.36. The second-order valence-electron chi connectivity index (χ2n) is 7.35. The van der Waals surface area contributed by atoms with E-state index in [-0.39, 0.29) is 11.7 Å². The molecule has 7 nitrogen and oxygen atoms in total. The number of rotatable bonds is 9. The predicted octanol–water partition coefficient (Wildman–Crippen LogP) is 2.97. The molecule has 1 heterocycles. The largest absolute Gasteiger partial charge is 0.490 e. The van der Waals surface area contributed by atoms with Crippen molar-refractivity contribution in [3.8, 4) is 5.75 Å². The molecule has 0 aliphatic carbocycles. The van der Waals surface area contributed by atoms with E-state index in [2.05, 4.69) is 16.8 Å².